The Labute approximate surface area is 144 Å². The molecule has 10 heteroatoms. The highest BCUT2D eigenvalue weighted by molar-refractivity contribution is 6.21. The average Bonchev–Trinajstić information content (AvgIpc) is 2.58. The molecule has 24 heavy (non-hydrogen) atoms. The number of nitrogens with zero attached hydrogens (tertiary/aromatic N) is 2. The third-order valence-corrected chi connectivity index (χ3v) is 3.92. The Balaban J connectivity index is 2.15. The molecule has 2 unspecified atom stereocenters. The molecule has 0 bridgehead atoms. The summed E-state index contributed by atoms with van der Waals surface area (Å²) in [5.41, 5.74) is 6.14. The predicted octanol–water partition coefficient (Wildman–Crippen LogP) is 0.213. The van der Waals surface area contributed by atoms with E-state index in [1.807, 2.05) is 6.92 Å². The summed E-state index contributed by atoms with van der Waals surface area (Å²) in [6.45, 7) is 3.26. The van der Waals surface area contributed by atoms with Gasteiger partial charge in [0.1, 0.15) is 17.4 Å². The van der Waals surface area contributed by atoms with E-state index in [1.54, 1.807) is 12.3 Å². The number of aromatic nitrogens is 1. The number of hydrogen-bond donors (Lipinski definition) is 4. The van der Waals surface area contributed by atoms with E-state index in [1.165, 1.54) is 6.20 Å². The van der Waals surface area contributed by atoms with Crippen LogP contribution in [0.5, 0.6) is 5.75 Å². The first kappa shape index (κ1) is 18.5. The maximum Gasteiger partial charge on any atom is 0.234 e. The van der Waals surface area contributed by atoms with Gasteiger partial charge in [-0.1, -0.05) is 5.18 Å². The molecule has 0 radical (unpaired) electrons. The SMILES string of the molecule is CCOc1ccncc1NC(=O)C(C(N)N=O)C1NCC(Cl)CN1. The lowest BCUT2D eigenvalue weighted by Crippen LogP contribution is -2.62. The first-order valence-corrected chi connectivity index (χ1v) is 8.07. The largest absolute Gasteiger partial charge is 0.492 e. The zero-order valence-corrected chi connectivity index (χ0v) is 14.0. The van der Waals surface area contributed by atoms with Gasteiger partial charge >= 0.3 is 0 Å². The Morgan fingerprint density at radius 3 is 2.92 bits per heavy atom. The second kappa shape index (κ2) is 8.88. The molecule has 0 aliphatic carbocycles. The quantitative estimate of drug-likeness (QED) is 0.406. The van der Waals surface area contributed by atoms with Crippen molar-refractivity contribution >= 4 is 23.2 Å². The molecule has 2 atom stereocenters. The Kier molecular flexibility index (Phi) is 6.85. The van der Waals surface area contributed by atoms with Crippen molar-refractivity contribution in [3.05, 3.63) is 23.4 Å². The van der Waals surface area contributed by atoms with Gasteiger partial charge in [0.05, 0.1) is 24.3 Å². The van der Waals surface area contributed by atoms with Crippen molar-refractivity contribution in [3.8, 4) is 5.75 Å². The number of ether oxygens (including phenoxy) is 1. The summed E-state index contributed by atoms with van der Waals surface area (Å²) >= 11 is 6.00. The van der Waals surface area contributed by atoms with Crippen LogP contribution in [0.15, 0.2) is 23.6 Å². The van der Waals surface area contributed by atoms with Crippen LogP contribution in [0.2, 0.25) is 0 Å². The maximum absolute atomic E-state index is 12.7. The highest BCUT2D eigenvalue weighted by Gasteiger charge is 2.37. The number of alkyl halides is 1. The molecule has 1 aliphatic heterocycles. The molecule has 5 N–H and O–H groups in total. The molecule has 1 aromatic heterocycles. The van der Waals surface area contributed by atoms with E-state index in [9.17, 15) is 9.70 Å². The van der Waals surface area contributed by atoms with Gasteiger partial charge in [-0.2, -0.15) is 0 Å². The molecule has 1 fully saturated rings. The van der Waals surface area contributed by atoms with E-state index < -0.39 is 24.2 Å². The average molecular weight is 357 g/mol. The fourth-order valence-corrected chi connectivity index (χ4v) is 2.63. The molecule has 1 saturated heterocycles. The van der Waals surface area contributed by atoms with Crippen molar-refractivity contribution in [1.82, 2.24) is 15.6 Å². The van der Waals surface area contributed by atoms with Crippen LogP contribution in [-0.4, -0.2) is 48.3 Å². The van der Waals surface area contributed by atoms with Crippen LogP contribution in [0, 0.1) is 10.8 Å². The summed E-state index contributed by atoms with van der Waals surface area (Å²) in [5.74, 6) is -0.895. The normalized spacial score (nSPS) is 23.1. The van der Waals surface area contributed by atoms with Crippen molar-refractivity contribution in [2.24, 2.45) is 16.8 Å². The fraction of sp³-hybridized carbons (Fsp3) is 0.571. The third-order valence-electron chi connectivity index (χ3n) is 3.61. The van der Waals surface area contributed by atoms with Crippen LogP contribution in [0.3, 0.4) is 0 Å². The number of nitrogens with two attached hydrogens (primary N) is 1. The number of pyridine rings is 1. The molecular weight excluding hydrogens is 336 g/mol. The lowest BCUT2D eigenvalue weighted by molar-refractivity contribution is -0.121. The highest BCUT2D eigenvalue weighted by Crippen LogP contribution is 2.24. The first-order valence-electron chi connectivity index (χ1n) is 7.63. The van der Waals surface area contributed by atoms with E-state index >= 15 is 0 Å². The number of anilines is 1. The molecule has 132 valence electrons. The first-order chi connectivity index (χ1) is 11.6. The van der Waals surface area contributed by atoms with E-state index in [2.05, 4.69) is 26.1 Å². The van der Waals surface area contributed by atoms with Gasteiger partial charge in [-0.05, 0) is 6.92 Å². The van der Waals surface area contributed by atoms with Gasteiger partial charge in [-0.3, -0.25) is 20.4 Å². The Bertz CT molecular complexity index is 567. The summed E-state index contributed by atoms with van der Waals surface area (Å²) in [6.07, 6.45) is 1.30. The molecule has 0 spiro atoms. The molecule has 9 nitrogen and oxygen atoms in total. The van der Waals surface area contributed by atoms with Gasteiger partial charge < -0.3 is 15.8 Å². The zero-order chi connectivity index (χ0) is 17.5. The highest BCUT2D eigenvalue weighted by atomic mass is 35.5. The smallest absolute Gasteiger partial charge is 0.234 e. The summed E-state index contributed by atoms with van der Waals surface area (Å²) in [4.78, 5) is 27.5. The van der Waals surface area contributed by atoms with Crippen LogP contribution in [0.1, 0.15) is 6.92 Å². The van der Waals surface area contributed by atoms with Crippen molar-refractivity contribution in [2.45, 2.75) is 24.6 Å². The van der Waals surface area contributed by atoms with Crippen LogP contribution in [0.4, 0.5) is 5.69 Å². The van der Waals surface area contributed by atoms with E-state index in [-0.39, 0.29) is 5.38 Å². The standard InChI is InChI=1S/C14H21ClN6O3/c1-2-24-10-3-4-17-7-9(10)20-14(22)11(12(16)21-23)13-18-5-8(15)6-19-13/h3-4,7-8,11-13,18-19H,2,5-6,16H2,1H3,(H,20,22). The zero-order valence-electron chi connectivity index (χ0n) is 13.2. The molecule has 0 saturated carbocycles. The van der Waals surface area contributed by atoms with Gasteiger partial charge in [0.2, 0.25) is 5.91 Å². The van der Waals surface area contributed by atoms with Crippen molar-refractivity contribution < 1.29 is 9.53 Å². The van der Waals surface area contributed by atoms with Crippen LogP contribution in [-0.2, 0) is 4.79 Å². The number of nitroso groups, excluding NO2 is 1. The minimum atomic E-state index is -1.21. The Morgan fingerprint density at radius 2 is 2.29 bits per heavy atom. The summed E-state index contributed by atoms with van der Waals surface area (Å²) in [7, 11) is 0. The summed E-state index contributed by atoms with van der Waals surface area (Å²) in [5, 5.41) is 11.5. The molecule has 1 aliphatic rings. The van der Waals surface area contributed by atoms with Crippen molar-refractivity contribution in [3.63, 3.8) is 0 Å². The minimum absolute atomic E-state index is 0.103. The van der Waals surface area contributed by atoms with Crippen molar-refractivity contribution in [2.75, 3.05) is 25.0 Å². The van der Waals surface area contributed by atoms with Crippen LogP contribution < -0.4 is 26.4 Å². The van der Waals surface area contributed by atoms with E-state index in [0.29, 0.717) is 31.1 Å². The lowest BCUT2D eigenvalue weighted by Gasteiger charge is -2.34. The van der Waals surface area contributed by atoms with Gasteiger partial charge in [0.25, 0.3) is 0 Å². The number of carbonyl (C=O) groups excluding carboxylic acids is 1. The number of nitrogens with one attached hydrogen (secondary N) is 3. The predicted molar refractivity (Wildman–Crippen MR) is 90.7 cm³/mol. The van der Waals surface area contributed by atoms with E-state index in [4.69, 9.17) is 22.1 Å². The fourth-order valence-electron chi connectivity index (χ4n) is 2.45. The molecular formula is C14H21ClN6O3. The number of rotatable bonds is 7. The molecule has 2 rings (SSSR count). The van der Waals surface area contributed by atoms with Gasteiger partial charge in [0, 0.05) is 25.4 Å². The number of halogens is 1. The summed E-state index contributed by atoms with van der Waals surface area (Å²) in [6, 6.07) is 1.64. The van der Waals surface area contributed by atoms with Gasteiger partial charge in [-0.25, -0.2) is 0 Å². The monoisotopic (exact) mass is 356 g/mol. The second-order valence-electron chi connectivity index (χ2n) is 5.31. The number of carbonyl (C=O) groups is 1. The second-order valence-corrected chi connectivity index (χ2v) is 5.92. The summed E-state index contributed by atoms with van der Waals surface area (Å²) < 4.78 is 5.44. The minimum Gasteiger partial charge on any atom is -0.492 e. The van der Waals surface area contributed by atoms with Crippen LogP contribution >= 0.6 is 11.6 Å². The molecule has 2 heterocycles. The Hall–Kier alpha value is -1.81. The number of amides is 1. The van der Waals surface area contributed by atoms with E-state index in [0.717, 1.165) is 0 Å². The Morgan fingerprint density at radius 1 is 1.58 bits per heavy atom. The topological polar surface area (TPSA) is 131 Å². The molecule has 1 aromatic rings. The maximum atomic E-state index is 12.7. The molecule has 0 aromatic carbocycles. The van der Waals surface area contributed by atoms with Crippen molar-refractivity contribution in [1.29, 1.82) is 0 Å². The molecule has 1 amide bonds. The van der Waals surface area contributed by atoms with Gasteiger partial charge in [0.15, 0.2) is 6.17 Å². The van der Waals surface area contributed by atoms with Gasteiger partial charge in [-0.15, -0.1) is 16.5 Å². The third kappa shape index (κ3) is 4.60. The van der Waals surface area contributed by atoms with Crippen LogP contribution in [0.25, 0.3) is 0 Å². The lowest BCUT2D eigenvalue weighted by atomic mass is 10.00. The number of hydrogen-bond acceptors (Lipinski definition) is 8.